The van der Waals surface area contributed by atoms with Crippen molar-refractivity contribution in [1.29, 1.82) is 0 Å². The summed E-state index contributed by atoms with van der Waals surface area (Å²) in [6.07, 6.45) is 2.76. The van der Waals surface area contributed by atoms with Crippen LogP contribution in [0.2, 0.25) is 0 Å². The molecular formula is C14H16BrNO3. The predicted molar refractivity (Wildman–Crippen MR) is 76.2 cm³/mol. The second kappa shape index (κ2) is 5.74. The lowest BCUT2D eigenvalue weighted by molar-refractivity contribution is -0.116. The fourth-order valence-corrected chi connectivity index (χ4v) is 2.23. The van der Waals surface area contributed by atoms with Crippen LogP contribution in [0.3, 0.4) is 0 Å². The predicted octanol–water partition coefficient (Wildman–Crippen LogP) is 3.28. The maximum Gasteiger partial charge on any atom is 0.339 e. The van der Waals surface area contributed by atoms with Crippen molar-refractivity contribution < 1.29 is 14.3 Å². The molecule has 0 aliphatic heterocycles. The lowest BCUT2D eigenvalue weighted by Gasteiger charge is -2.14. The summed E-state index contributed by atoms with van der Waals surface area (Å²) in [7, 11) is 1.33. The topological polar surface area (TPSA) is 55.4 Å². The van der Waals surface area contributed by atoms with E-state index in [0.717, 1.165) is 22.9 Å². The molecule has 0 spiro atoms. The normalized spacial score (nSPS) is 14.1. The molecule has 0 heterocycles. The number of benzene rings is 1. The third-order valence-corrected chi connectivity index (χ3v) is 4.10. The third kappa shape index (κ3) is 3.35. The zero-order chi connectivity index (χ0) is 14.0. The zero-order valence-electron chi connectivity index (χ0n) is 11.0. The first kappa shape index (κ1) is 14.1. The van der Waals surface area contributed by atoms with E-state index < -0.39 is 5.97 Å². The smallest absolute Gasteiger partial charge is 0.339 e. The Labute approximate surface area is 120 Å². The summed E-state index contributed by atoms with van der Waals surface area (Å²) in [5.41, 5.74) is 1.74. The highest BCUT2D eigenvalue weighted by Gasteiger charge is 2.25. The molecule has 1 fully saturated rings. The van der Waals surface area contributed by atoms with E-state index in [9.17, 15) is 9.59 Å². The minimum absolute atomic E-state index is 0.0474. The van der Waals surface area contributed by atoms with Crippen LogP contribution in [0.25, 0.3) is 0 Å². The molecule has 0 bridgehead atoms. The van der Waals surface area contributed by atoms with Gasteiger partial charge in [0.1, 0.15) is 0 Å². The fraction of sp³-hybridized carbons (Fsp3) is 0.429. The lowest BCUT2D eigenvalue weighted by atomic mass is 10.1. The summed E-state index contributed by atoms with van der Waals surface area (Å²) in [4.78, 5) is 23.6. The number of carbonyl (C=O) groups excluding carboxylic acids is 2. The molecule has 1 N–H and O–H groups in total. The van der Waals surface area contributed by atoms with Crippen molar-refractivity contribution in [3.05, 3.63) is 27.7 Å². The van der Waals surface area contributed by atoms with Crippen molar-refractivity contribution in [3.8, 4) is 0 Å². The number of carbonyl (C=O) groups is 2. The van der Waals surface area contributed by atoms with E-state index in [2.05, 4.69) is 21.2 Å². The van der Waals surface area contributed by atoms with Crippen LogP contribution in [-0.4, -0.2) is 19.0 Å². The Hall–Kier alpha value is -1.36. The molecular weight excluding hydrogens is 310 g/mol. The van der Waals surface area contributed by atoms with Crippen molar-refractivity contribution in [3.63, 3.8) is 0 Å². The standard InChI is InChI=1S/C14H16BrNO3/c1-8-11(15)6-5-10(14(18)19-2)13(8)16-12(17)7-9-3-4-9/h5-6,9H,3-4,7H2,1-2H3,(H,16,17). The van der Waals surface area contributed by atoms with Crippen LogP contribution in [0.4, 0.5) is 5.69 Å². The van der Waals surface area contributed by atoms with E-state index in [1.807, 2.05) is 6.92 Å². The molecule has 0 unspecified atom stereocenters. The Bertz CT molecular complexity index is 524. The Kier molecular flexibility index (Phi) is 4.24. The Morgan fingerprint density at radius 1 is 1.42 bits per heavy atom. The van der Waals surface area contributed by atoms with Crippen LogP contribution in [-0.2, 0) is 9.53 Å². The number of anilines is 1. The third-order valence-electron chi connectivity index (χ3n) is 3.24. The molecule has 0 saturated heterocycles. The van der Waals surface area contributed by atoms with Crippen molar-refractivity contribution >= 4 is 33.5 Å². The van der Waals surface area contributed by atoms with Gasteiger partial charge in [0.05, 0.1) is 18.4 Å². The molecule has 1 aromatic rings. The molecule has 1 saturated carbocycles. The number of hydrogen-bond acceptors (Lipinski definition) is 3. The van der Waals surface area contributed by atoms with Gasteiger partial charge in [-0.05, 0) is 43.4 Å². The summed E-state index contributed by atoms with van der Waals surface area (Å²) < 4.78 is 5.59. The summed E-state index contributed by atoms with van der Waals surface area (Å²) in [5, 5.41) is 2.84. The quantitative estimate of drug-likeness (QED) is 0.864. The Morgan fingerprint density at radius 2 is 2.11 bits per heavy atom. The van der Waals surface area contributed by atoms with Gasteiger partial charge in [-0.25, -0.2) is 4.79 Å². The van der Waals surface area contributed by atoms with Gasteiger partial charge in [0, 0.05) is 10.9 Å². The lowest BCUT2D eigenvalue weighted by Crippen LogP contribution is -2.16. The molecule has 19 heavy (non-hydrogen) atoms. The van der Waals surface area contributed by atoms with Gasteiger partial charge in [0.2, 0.25) is 5.91 Å². The second-order valence-electron chi connectivity index (χ2n) is 4.78. The maximum atomic E-state index is 11.9. The molecule has 4 nitrogen and oxygen atoms in total. The van der Waals surface area contributed by atoms with Gasteiger partial charge in [-0.1, -0.05) is 15.9 Å². The monoisotopic (exact) mass is 325 g/mol. The largest absolute Gasteiger partial charge is 0.465 e. The van der Waals surface area contributed by atoms with Gasteiger partial charge < -0.3 is 10.1 Å². The van der Waals surface area contributed by atoms with Crippen molar-refractivity contribution in [1.82, 2.24) is 0 Å². The molecule has 1 aliphatic carbocycles. The van der Waals surface area contributed by atoms with Crippen LogP contribution in [0.1, 0.15) is 35.2 Å². The van der Waals surface area contributed by atoms with Crippen LogP contribution in [0.15, 0.2) is 16.6 Å². The average molecular weight is 326 g/mol. The minimum Gasteiger partial charge on any atom is -0.465 e. The number of halogens is 1. The van der Waals surface area contributed by atoms with Gasteiger partial charge in [-0.15, -0.1) is 0 Å². The maximum absolute atomic E-state index is 11.9. The second-order valence-corrected chi connectivity index (χ2v) is 5.64. The fourth-order valence-electron chi connectivity index (χ4n) is 1.90. The number of hydrogen-bond donors (Lipinski definition) is 1. The molecule has 1 aliphatic rings. The number of amides is 1. The van der Waals surface area contributed by atoms with Gasteiger partial charge in [-0.2, -0.15) is 0 Å². The Balaban J connectivity index is 2.26. The molecule has 0 atom stereocenters. The minimum atomic E-state index is -0.447. The van der Waals surface area contributed by atoms with E-state index in [0.29, 0.717) is 23.6 Å². The van der Waals surface area contributed by atoms with Gasteiger partial charge in [0.25, 0.3) is 0 Å². The van der Waals surface area contributed by atoms with Gasteiger partial charge in [-0.3, -0.25) is 4.79 Å². The van der Waals surface area contributed by atoms with E-state index in [-0.39, 0.29) is 5.91 Å². The highest BCUT2D eigenvalue weighted by atomic mass is 79.9. The molecule has 1 aromatic carbocycles. The van der Waals surface area contributed by atoms with Crippen LogP contribution in [0.5, 0.6) is 0 Å². The SMILES string of the molecule is COC(=O)c1ccc(Br)c(C)c1NC(=O)CC1CC1. The number of esters is 1. The highest BCUT2D eigenvalue weighted by molar-refractivity contribution is 9.10. The van der Waals surface area contributed by atoms with Crippen LogP contribution >= 0.6 is 15.9 Å². The molecule has 102 valence electrons. The van der Waals surface area contributed by atoms with Crippen molar-refractivity contribution in [2.24, 2.45) is 5.92 Å². The molecule has 0 aromatic heterocycles. The number of rotatable bonds is 4. The molecule has 1 amide bonds. The number of nitrogens with one attached hydrogen (secondary N) is 1. The van der Waals surface area contributed by atoms with Crippen molar-refractivity contribution in [2.45, 2.75) is 26.2 Å². The van der Waals surface area contributed by atoms with Crippen molar-refractivity contribution in [2.75, 3.05) is 12.4 Å². The first-order valence-corrected chi connectivity index (χ1v) is 6.99. The zero-order valence-corrected chi connectivity index (χ0v) is 12.5. The average Bonchev–Trinajstić information content (AvgIpc) is 3.18. The number of ether oxygens (including phenoxy) is 1. The summed E-state index contributed by atoms with van der Waals surface area (Å²) in [6.45, 7) is 1.85. The van der Waals surface area contributed by atoms with Crippen LogP contribution < -0.4 is 5.32 Å². The summed E-state index contributed by atoms with van der Waals surface area (Å²) in [6, 6.07) is 3.42. The van der Waals surface area contributed by atoms with Gasteiger partial charge in [0.15, 0.2) is 0 Å². The summed E-state index contributed by atoms with van der Waals surface area (Å²) in [5.74, 6) is 0.0141. The first-order valence-electron chi connectivity index (χ1n) is 6.20. The molecule has 0 radical (unpaired) electrons. The Morgan fingerprint density at radius 3 is 2.68 bits per heavy atom. The van der Waals surface area contributed by atoms with Crippen LogP contribution in [0, 0.1) is 12.8 Å². The number of methoxy groups -OCH3 is 1. The molecule has 5 heteroatoms. The van der Waals surface area contributed by atoms with Gasteiger partial charge >= 0.3 is 5.97 Å². The highest BCUT2D eigenvalue weighted by Crippen LogP contribution is 2.34. The van der Waals surface area contributed by atoms with E-state index in [1.165, 1.54) is 7.11 Å². The summed E-state index contributed by atoms with van der Waals surface area (Å²) >= 11 is 3.40. The molecule has 2 rings (SSSR count). The first-order chi connectivity index (χ1) is 9.02. The van der Waals surface area contributed by atoms with E-state index >= 15 is 0 Å². The van der Waals surface area contributed by atoms with E-state index in [1.54, 1.807) is 12.1 Å². The van der Waals surface area contributed by atoms with E-state index in [4.69, 9.17) is 4.74 Å².